The highest BCUT2D eigenvalue weighted by Crippen LogP contribution is 2.15. The van der Waals surface area contributed by atoms with Gasteiger partial charge in [0, 0.05) is 17.3 Å². The van der Waals surface area contributed by atoms with E-state index < -0.39 is 0 Å². The molecular weight excluding hydrogens is 302 g/mol. The van der Waals surface area contributed by atoms with Crippen LogP contribution in [0.2, 0.25) is 0 Å². The quantitative estimate of drug-likeness (QED) is 0.540. The maximum atomic E-state index is 11.9. The van der Waals surface area contributed by atoms with Crippen molar-refractivity contribution < 1.29 is 9.59 Å². The van der Waals surface area contributed by atoms with Gasteiger partial charge in [-0.2, -0.15) is 0 Å². The average Bonchev–Trinajstić information content (AvgIpc) is 2.54. The van der Waals surface area contributed by atoms with Gasteiger partial charge in [0.1, 0.15) is 0 Å². The molecule has 0 heterocycles. The summed E-state index contributed by atoms with van der Waals surface area (Å²) in [6.07, 6.45) is 6.10. The first-order valence-electron chi connectivity index (χ1n) is 8.94. The third-order valence-electron chi connectivity index (χ3n) is 3.68. The van der Waals surface area contributed by atoms with E-state index in [1.165, 1.54) is 25.7 Å². The molecule has 0 fully saturated rings. The number of anilines is 2. The van der Waals surface area contributed by atoms with Crippen LogP contribution in [0.4, 0.5) is 11.4 Å². The maximum Gasteiger partial charge on any atom is 0.238 e. The topological polar surface area (TPSA) is 70.2 Å². The molecule has 1 aromatic carbocycles. The van der Waals surface area contributed by atoms with E-state index in [1.54, 1.807) is 6.07 Å². The van der Waals surface area contributed by atoms with Crippen molar-refractivity contribution in [3.63, 3.8) is 0 Å². The second-order valence-corrected chi connectivity index (χ2v) is 6.36. The first-order valence-corrected chi connectivity index (χ1v) is 8.94. The number of amides is 2. The van der Waals surface area contributed by atoms with Crippen LogP contribution in [0.15, 0.2) is 24.3 Å². The van der Waals surface area contributed by atoms with Gasteiger partial charge in [0.2, 0.25) is 11.8 Å². The molecule has 2 amide bonds. The Hall–Kier alpha value is -1.88. The van der Waals surface area contributed by atoms with Gasteiger partial charge in [0.05, 0.1) is 6.54 Å². The number of carbonyl (C=O) groups excluding carboxylic acids is 2. The van der Waals surface area contributed by atoms with Crippen LogP contribution in [-0.4, -0.2) is 24.9 Å². The lowest BCUT2D eigenvalue weighted by atomic mass is 10.1. The monoisotopic (exact) mass is 333 g/mol. The number of benzene rings is 1. The van der Waals surface area contributed by atoms with Gasteiger partial charge in [-0.3, -0.25) is 9.59 Å². The summed E-state index contributed by atoms with van der Waals surface area (Å²) < 4.78 is 0. The lowest BCUT2D eigenvalue weighted by molar-refractivity contribution is -0.119. The summed E-state index contributed by atoms with van der Waals surface area (Å²) >= 11 is 0. The van der Waals surface area contributed by atoms with Crippen molar-refractivity contribution in [2.24, 2.45) is 5.92 Å². The molecule has 0 aliphatic rings. The molecule has 0 spiro atoms. The standard InChI is InChI=1S/C19H31N3O2/c1-4-5-6-7-8-12-20-14-18(23)21-16-10-9-11-17(13-16)22-19(24)15(2)3/h9-11,13,15,20H,4-8,12,14H2,1-3H3,(H,21,23)(H,22,24). The zero-order chi connectivity index (χ0) is 17.8. The molecule has 134 valence electrons. The zero-order valence-electron chi connectivity index (χ0n) is 15.2. The number of hydrogen-bond acceptors (Lipinski definition) is 3. The largest absolute Gasteiger partial charge is 0.326 e. The van der Waals surface area contributed by atoms with Gasteiger partial charge in [-0.1, -0.05) is 52.5 Å². The second-order valence-electron chi connectivity index (χ2n) is 6.36. The number of nitrogens with one attached hydrogen (secondary N) is 3. The van der Waals surface area contributed by atoms with E-state index in [0.717, 1.165) is 13.0 Å². The van der Waals surface area contributed by atoms with Gasteiger partial charge >= 0.3 is 0 Å². The first-order chi connectivity index (χ1) is 11.5. The van der Waals surface area contributed by atoms with Crippen LogP contribution in [0, 0.1) is 5.92 Å². The molecule has 3 N–H and O–H groups in total. The molecule has 0 saturated carbocycles. The summed E-state index contributed by atoms with van der Waals surface area (Å²) in [5, 5.41) is 8.83. The lowest BCUT2D eigenvalue weighted by Gasteiger charge is -2.10. The van der Waals surface area contributed by atoms with Crippen molar-refractivity contribution >= 4 is 23.2 Å². The highest BCUT2D eigenvalue weighted by molar-refractivity contribution is 5.95. The molecule has 0 unspecified atom stereocenters. The fourth-order valence-electron chi connectivity index (χ4n) is 2.22. The fourth-order valence-corrected chi connectivity index (χ4v) is 2.22. The number of hydrogen-bond donors (Lipinski definition) is 3. The molecule has 0 radical (unpaired) electrons. The predicted octanol–water partition coefficient (Wildman–Crippen LogP) is 3.78. The van der Waals surface area contributed by atoms with Crippen molar-refractivity contribution in [2.45, 2.75) is 52.9 Å². The molecule has 0 bridgehead atoms. The van der Waals surface area contributed by atoms with E-state index in [0.29, 0.717) is 17.9 Å². The highest BCUT2D eigenvalue weighted by Gasteiger charge is 2.08. The molecule has 0 aliphatic heterocycles. The van der Waals surface area contributed by atoms with Gasteiger partial charge in [-0.25, -0.2) is 0 Å². The first kappa shape index (κ1) is 20.2. The van der Waals surface area contributed by atoms with Gasteiger partial charge < -0.3 is 16.0 Å². The molecule has 0 atom stereocenters. The summed E-state index contributed by atoms with van der Waals surface area (Å²) in [5.74, 6) is -0.191. The summed E-state index contributed by atoms with van der Waals surface area (Å²) in [6, 6.07) is 7.20. The highest BCUT2D eigenvalue weighted by atomic mass is 16.2. The Kier molecular flexibility index (Phi) is 9.77. The van der Waals surface area contributed by atoms with Gasteiger partial charge in [-0.05, 0) is 31.2 Å². The minimum Gasteiger partial charge on any atom is -0.326 e. The molecule has 5 nitrogen and oxygen atoms in total. The average molecular weight is 333 g/mol. The number of rotatable bonds is 11. The van der Waals surface area contributed by atoms with Crippen molar-refractivity contribution in [2.75, 3.05) is 23.7 Å². The van der Waals surface area contributed by atoms with Crippen LogP contribution in [0.1, 0.15) is 52.9 Å². The van der Waals surface area contributed by atoms with E-state index in [4.69, 9.17) is 0 Å². The van der Waals surface area contributed by atoms with Crippen molar-refractivity contribution in [1.82, 2.24) is 5.32 Å². The Morgan fingerprint density at radius 2 is 1.67 bits per heavy atom. The van der Waals surface area contributed by atoms with E-state index in [-0.39, 0.29) is 17.7 Å². The molecule has 1 aromatic rings. The van der Waals surface area contributed by atoms with Gasteiger partial charge in [0.15, 0.2) is 0 Å². The third-order valence-corrected chi connectivity index (χ3v) is 3.68. The summed E-state index contributed by atoms with van der Waals surface area (Å²) in [5.41, 5.74) is 1.38. The zero-order valence-corrected chi connectivity index (χ0v) is 15.2. The molecule has 0 aromatic heterocycles. The van der Waals surface area contributed by atoms with E-state index in [2.05, 4.69) is 22.9 Å². The Bertz CT molecular complexity index is 515. The van der Waals surface area contributed by atoms with E-state index >= 15 is 0 Å². The Morgan fingerprint density at radius 3 is 2.33 bits per heavy atom. The van der Waals surface area contributed by atoms with Crippen LogP contribution in [0.5, 0.6) is 0 Å². The van der Waals surface area contributed by atoms with E-state index in [9.17, 15) is 9.59 Å². The van der Waals surface area contributed by atoms with Crippen LogP contribution in [0.3, 0.4) is 0 Å². The van der Waals surface area contributed by atoms with Crippen molar-refractivity contribution in [1.29, 1.82) is 0 Å². The van der Waals surface area contributed by atoms with Gasteiger partial charge in [0.25, 0.3) is 0 Å². The summed E-state index contributed by atoms with van der Waals surface area (Å²) in [6.45, 7) is 7.05. The van der Waals surface area contributed by atoms with Crippen LogP contribution >= 0.6 is 0 Å². The Morgan fingerprint density at radius 1 is 1.00 bits per heavy atom. The predicted molar refractivity (Wildman–Crippen MR) is 100 cm³/mol. The summed E-state index contributed by atoms with van der Waals surface area (Å²) in [7, 11) is 0. The SMILES string of the molecule is CCCCCCCNCC(=O)Nc1cccc(NC(=O)C(C)C)c1. The lowest BCUT2D eigenvalue weighted by Crippen LogP contribution is -2.28. The smallest absolute Gasteiger partial charge is 0.238 e. The Balaban J connectivity index is 2.30. The molecule has 24 heavy (non-hydrogen) atoms. The van der Waals surface area contributed by atoms with Crippen LogP contribution < -0.4 is 16.0 Å². The van der Waals surface area contributed by atoms with Crippen LogP contribution in [-0.2, 0) is 9.59 Å². The minimum atomic E-state index is -0.0789. The fraction of sp³-hybridized carbons (Fsp3) is 0.579. The number of carbonyl (C=O) groups is 2. The normalized spacial score (nSPS) is 10.7. The molecular formula is C19H31N3O2. The second kappa shape index (κ2) is 11.6. The summed E-state index contributed by atoms with van der Waals surface area (Å²) in [4.78, 5) is 23.6. The maximum absolute atomic E-state index is 11.9. The molecule has 0 aliphatic carbocycles. The minimum absolute atomic E-state index is 0.0387. The number of unbranched alkanes of at least 4 members (excludes halogenated alkanes) is 4. The van der Waals surface area contributed by atoms with E-state index in [1.807, 2.05) is 32.0 Å². The van der Waals surface area contributed by atoms with Crippen molar-refractivity contribution in [3.8, 4) is 0 Å². The van der Waals surface area contributed by atoms with Gasteiger partial charge in [-0.15, -0.1) is 0 Å². The van der Waals surface area contributed by atoms with Crippen molar-refractivity contribution in [3.05, 3.63) is 24.3 Å². The third kappa shape index (κ3) is 8.67. The molecule has 0 saturated heterocycles. The Labute approximate surface area is 145 Å². The molecule has 1 rings (SSSR count). The van der Waals surface area contributed by atoms with Crippen LogP contribution in [0.25, 0.3) is 0 Å². The molecule has 5 heteroatoms.